The summed E-state index contributed by atoms with van der Waals surface area (Å²) in [5.41, 5.74) is 0. The van der Waals surface area contributed by atoms with E-state index in [4.69, 9.17) is 28.4 Å². The van der Waals surface area contributed by atoms with Crippen molar-refractivity contribution in [2.24, 2.45) is 0 Å². The molecule has 0 bridgehead atoms. The number of carbonyl (C=O) groups is 2. The van der Waals surface area contributed by atoms with Crippen molar-refractivity contribution < 1.29 is 99.3 Å². The quantitative estimate of drug-likeness (QED) is 0.0742. The molecule has 0 unspecified atom stereocenters. The van der Waals surface area contributed by atoms with E-state index in [9.17, 15) is 70.9 Å². The Hall–Kier alpha value is -1.78. The summed E-state index contributed by atoms with van der Waals surface area (Å²) in [5, 5.41) is 129. The largest absolute Gasteiger partial charge is 0.394 e. The second kappa shape index (κ2) is 18.8. The minimum Gasteiger partial charge on any atom is -0.394 e. The zero-order chi connectivity index (χ0) is 37.6. The van der Waals surface area contributed by atoms with E-state index in [-0.39, 0.29) is 0 Å². The van der Waals surface area contributed by atoms with Crippen LogP contribution in [0.3, 0.4) is 0 Å². The molecule has 0 spiro atoms. The highest BCUT2D eigenvalue weighted by molar-refractivity contribution is 5.73. The van der Waals surface area contributed by atoms with Gasteiger partial charge in [0, 0.05) is 13.8 Å². The molecule has 22 heteroatoms. The average Bonchev–Trinajstić information content (AvgIpc) is 3.08. The average molecular weight is 735 g/mol. The molecule has 3 aliphatic heterocycles. The molecule has 3 fully saturated rings. The van der Waals surface area contributed by atoms with Gasteiger partial charge in [-0.3, -0.25) is 9.59 Å². The first kappa shape index (κ1) is 42.6. The molecule has 22 nitrogen and oxygen atoms in total. The van der Waals surface area contributed by atoms with Gasteiger partial charge in [-0.1, -0.05) is 0 Å². The van der Waals surface area contributed by atoms with Crippen molar-refractivity contribution in [1.82, 2.24) is 10.6 Å². The van der Waals surface area contributed by atoms with Crippen LogP contribution in [0.15, 0.2) is 0 Å². The van der Waals surface area contributed by atoms with Crippen LogP contribution in [-0.4, -0.2) is 216 Å². The molecule has 292 valence electrons. The van der Waals surface area contributed by atoms with Crippen molar-refractivity contribution in [2.45, 2.75) is 137 Å². The number of aliphatic hydroxyl groups is 12. The first-order valence-corrected chi connectivity index (χ1v) is 15.9. The van der Waals surface area contributed by atoms with E-state index in [1.807, 2.05) is 0 Å². The molecular formula is C28H50N2O20. The fourth-order valence-corrected chi connectivity index (χ4v) is 5.86. The molecule has 19 atom stereocenters. The Morgan fingerprint density at radius 2 is 1.26 bits per heavy atom. The Morgan fingerprint density at radius 3 is 1.80 bits per heavy atom. The molecule has 0 saturated carbocycles. The van der Waals surface area contributed by atoms with Crippen molar-refractivity contribution in [3.8, 4) is 0 Å². The number of carbonyl (C=O) groups excluding carboxylic acids is 2. The normalized spacial score (nSPS) is 41.9. The predicted molar refractivity (Wildman–Crippen MR) is 158 cm³/mol. The number of amides is 2. The maximum Gasteiger partial charge on any atom is 0.217 e. The lowest BCUT2D eigenvalue weighted by molar-refractivity contribution is -0.392. The monoisotopic (exact) mass is 734 g/mol. The first-order chi connectivity index (χ1) is 23.5. The number of nitrogens with one attached hydrogen (secondary N) is 2. The number of rotatable bonds is 15. The molecule has 3 saturated heterocycles. The van der Waals surface area contributed by atoms with Crippen LogP contribution in [0.4, 0.5) is 0 Å². The molecule has 0 radical (unpaired) electrons. The van der Waals surface area contributed by atoms with Gasteiger partial charge in [0.15, 0.2) is 18.9 Å². The van der Waals surface area contributed by atoms with Gasteiger partial charge in [-0.15, -0.1) is 0 Å². The summed E-state index contributed by atoms with van der Waals surface area (Å²) in [6.07, 6.45) is -30.6. The zero-order valence-corrected chi connectivity index (χ0v) is 27.4. The molecule has 50 heavy (non-hydrogen) atoms. The van der Waals surface area contributed by atoms with Crippen LogP contribution in [0.25, 0.3) is 0 Å². The molecule has 14 N–H and O–H groups in total. The van der Waals surface area contributed by atoms with Gasteiger partial charge in [-0.05, 0) is 6.92 Å². The van der Waals surface area contributed by atoms with E-state index < -0.39 is 155 Å². The van der Waals surface area contributed by atoms with Crippen LogP contribution in [0.1, 0.15) is 20.8 Å². The van der Waals surface area contributed by atoms with E-state index in [0.29, 0.717) is 0 Å². The van der Waals surface area contributed by atoms with Crippen molar-refractivity contribution in [3.05, 3.63) is 0 Å². The highest BCUT2D eigenvalue weighted by Gasteiger charge is 2.55. The third-order valence-corrected chi connectivity index (χ3v) is 8.63. The molecule has 3 aliphatic rings. The highest BCUT2D eigenvalue weighted by Crippen LogP contribution is 2.35. The van der Waals surface area contributed by atoms with Crippen LogP contribution in [0.5, 0.6) is 0 Å². The minimum atomic E-state index is -2.08. The summed E-state index contributed by atoms with van der Waals surface area (Å²) in [7, 11) is 0. The van der Waals surface area contributed by atoms with Crippen LogP contribution in [-0.2, 0) is 38.0 Å². The molecular weight excluding hydrogens is 684 g/mol. The summed E-state index contributed by atoms with van der Waals surface area (Å²) in [5.74, 6) is -1.47. The van der Waals surface area contributed by atoms with Gasteiger partial charge in [-0.2, -0.15) is 0 Å². The van der Waals surface area contributed by atoms with Gasteiger partial charge < -0.3 is 100 Å². The van der Waals surface area contributed by atoms with Crippen LogP contribution < -0.4 is 10.6 Å². The van der Waals surface area contributed by atoms with Crippen molar-refractivity contribution in [2.75, 3.05) is 26.4 Å². The van der Waals surface area contributed by atoms with Crippen molar-refractivity contribution in [1.29, 1.82) is 0 Å². The summed E-state index contributed by atoms with van der Waals surface area (Å²) in [4.78, 5) is 24.0. The topological polar surface area (TPSA) is 356 Å². The maximum absolute atomic E-state index is 12.0. The van der Waals surface area contributed by atoms with Gasteiger partial charge in [0.25, 0.3) is 0 Å². The fraction of sp³-hybridized carbons (Fsp3) is 0.929. The van der Waals surface area contributed by atoms with Gasteiger partial charge in [-0.25, -0.2) is 0 Å². The lowest BCUT2D eigenvalue weighted by Crippen LogP contribution is -2.69. The number of hydrogen-bond donors (Lipinski definition) is 14. The molecule has 0 aliphatic carbocycles. The highest BCUT2D eigenvalue weighted by atomic mass is 16.8. The Labute approximate surface area is 285 Å². The van der Waals surface area contributed by atoms with Gasteiger partial charge in [0.2, 0.25) is 11.8 Å². The Kier molecular flexibility index (Phi) is 16.0. The van der Waals surface area contributed by atoms with E-state index in [2.05, 4.69) is 10.6 Å². The third kappa shape index (κ3) is 9.80. The van der Waals surface area contributed by atoms with Gasteiger partial charge >= 0.3 is 0 Å². The summed E-state index contributed by atoms with van der Waals surface area (Å²) >= 11 is 0. The summed E-state index contributed by atoms with van der Waals surface area (Å²) < 4.78 is 34.8. The second-order valence-corrected chi connectivity index (χ2v) is 12.4. The Morgan fingerprint density at radius 1 is 0.680 bits per heavy atom. The van der Waals surface area contributed by atoms with Gasteiger partial charge in [0.1, 0.15) is 85.4 Å². The Balaban J connectivity index is 2.13. The first-order valence-electron chi connectivity index (χ1n) is 15.9. The second-order valence-electron chi connectivity index (χ2n) is 12.4. The minimum absolute atomic E-state index is 0.733. The molecule has 0 aromatic rings. The van der Waals surface area contributed by atoms with Crippen LogP contribution in [0, 0.1) is 0 Å². The number of ether oxygens (including phenoxy) is 6. The molecule has 3 rings (SSSR count). The third-order valence-electron chi connectivity index (χ3n) is 8.63. The number of aliphatic hydroxyl groups excluding tert-OH is 12. The molecule has 0 aromatic carbocycles. The van der Waals surface area contributed by atoms with E-state index in [1.165, 1.54) is 6.92 Å². The molecule has 3 heterocycles. The van der Waals surface area contributed by atoms with Crippen LogP contribution >= 0.6 is 0 Å². The Bertz CT molecular complexity index is 1080. The van der Waals surface area contributed by atoms with Gasteiger partial charge in [0.05, 0.1) is 38.6 Å². The lowest BCUT2D eigenvalue weighted by Gasteiger charge is -2.50. The van der Waals surface area contributed by atoms with Crippen molar-refractivity contribution in [3.63, 3.8) is 0 Å². The standard InChI is InChI=1S/C28H50N2O20/c1-8-16(38)21(43)22(44)27(45-8)50-25-24(49-26-15(30-10(3)36)20(42)18(40)13(6-33)46-26)19(41)14(7-34)47-28(25)48-23(17(39)12(37)5-32)11(4-31)29-9(2)35/h8,11-28,31-34,37-44H,4-7H2,1-3H3,(H,29,35)(H,30,36)/t8-,11-,12+,13+,14+,15+,16+,17-,18-,19-,20+,21+,22-,23+,24-,25+,26+,27-,28-/m0/s1. The predicted octanol–water partition coefficient (Wildman–Crippen LogP) is -8.80. The smallest absolute Gasteiger partial charge is 0.217 e. The zero-order valence-electron chi connectivity index (χ0n) is 27.4. The SMILES string of the molecule is CC(=O)N[C@H]1[C@@H](O[C@H]2[C@@H](O)[C@@H](CO)O[C@@H](O[C@@H]([C@@H](O)[C@H](O)CO)[C@H](CO)NC(C)=O)[C@@H]2O[C@@H]2O[C@@H](C)[C@@H](O)[C@@H](O)[C@@H]2O)O[C@H](CO)[C@H](O)[C@@H]1O. The fourth-order valence-electron chi connectivity index (χ4n) is 5.86. The summed E-state index contributed by atoms with van der Waals surface area (Å²) in [6.45, 7) is -0.319. The maximum atomic E-state index is 12.0. The van der Waals surface area contributed by atoms with Crippen LogP contribution in [0.2, 0.25) is 0 Å². The lowest BCUT2D eigenvalue weighted by atomic mass is 9.94. The van der Waals surface area contributed by atoms with Crippen molar-refractivity contribution >= 4 is 11.8 Å². The summed E-state index contributed by atoms with van der Waals surface area (Å²) in [6, 6.07) is -3.10. The molecule has 0 aromatic heterocycles. The van der Waals surface area contributed by atoms with E-state index in [0.717, 1.165) is 13.8 Å². The van der Waals surface area contributed by atoms with E-state index >= 15 is 0 Å². The van der Waals surface area contributed by atoms with E-state index in [1.54, 1.807) is 0 Å². The number of hydrogen-bond acceptors (Lipinski definition) is 20. The molecule has 2 amide bonds.